The zero-order chi connectivity index (χ0) is 26.1. The number of nitrogens with one attached hydrogen (secondary N) is 1. The van der Waals surface area contributed by atoms with Crippen molar-refractivity contribution in [3.8, 4) is 0 Å². The standard InChI is InChI=1S/C26H29F3N4O2/c1-13(15-9-8-10-18(21(15)27)26(28,29)25(5,6)35)30-22-17-11-16-19(12-20(17)31-14(2)32-22)24(3,4)33(7)23(16)34/h8-13,35H,1-7H3,(H,30,31,32)/t13-/m1/s1. The SMILES string of the molecule is Cc1nc(N[C@H](C)c2cccc(C(F)(F)C(C)(C)O)c2F)c2cc3c(cc2n1)C(C)(C)N(C)C3=O. The molecule has 0 saturated carbocycles. The lowest BCUT2D eigenvalue weighted by Crippen LogP contribution is -2.41. The van der Waals surface area contributed by atoms with Crippen molar-refractivity contribution in [3.05, 3.63) is 64.2 Å². The zero-order valence-corrected chi connectivity index (χ0v) is 20.8. The molecular weight excluding hydrogens is 457 g/mol. The summed E-state index contributed by atoms with van der Waals surface area (Å²) >= 11 is 0. The van der Waals surface area contributed by atoms with Gasteiger partial charge in [-0.1, -0.05) is 12.1 Å². The molecule has 35 heavy (non-hydrogen) atoms. The number of benzene rings is 2. The van der Waals surface area contributed by atoms with Gasteiger partial charge in [-0.25, -0.2) is 14.4 Å². The van der Waals surface area contributed by atoms with Crippen LogP contribution in [0.2, 0.25) is 0 Å². The maximum absolute atomic E-state index is 15.3. The Morgan fingerprint density at radius 2 is 1.83 bits per heavy atom. The Kier molecular flexibility index (Phi) is 5.63. The van der Waals surface area contributed by atoms with Gasteiger partial charge in [0.25, 0.3) is 5.91 Å². The van der Waals surface area contributed by atoms with Gasteiger partial charge in [0.05, 0.1) is 22.7 Å². The van der Waals surface area contributed by atoms with E-state index in [1.807, 2.05) is 19.9 Å². The molecule has 3 aromatic rings. The number of alkyl halides is 2. The van der Waals surface area contributed by atoms with Crippen LogP contribution in [0.1, 0.15) is 73.5 Å². The molecule has 0 radical (unpaired) electrons. The number of aryl methyl sites for hydroxylation is 1. The molecule has 186 valence electrons. The van der Waals surface area contributed by atoms with E-state index < -0.39 is 34.5 Å². The van der Waals surface area contributed by atoms with E-state index >= 15 is 4.39 Å². The smallest absolute Gasteiger partial charge is 0.303 e. The van der Waals surface area contributed by atoms with Crippen LogP contribution >= 0.6 is 0 Å². The lowest BCUT2D eigenvalue weighted by atomic mass is 9.90. The Morgan fingerprint density at radius 3 is 2.46 bits per heavy atom. The van der Waals surface area contributed by atoms with Gasteiger partial charge in [-0.15, -0.1) is 0 Å². The zero-order valence-electron chi connectivity index (χ0n) is 20.8. The Balaban J connectivity index is 1.79. The van der Waals surface area contributed by atoms with Crippen LogP contribution in [-0.2, 0) is 11.5 Å². The van der Waals surface area contributed by atoms with Gasteiger partial charge in [-0.3, -0.25) is 4.79 Å². The second-order valence-electron chi connectivity index (χ2n) is 10.2. The minimum Gasteiger partial charge on any atom is -0.384 e. The molecule has 2 aromatic carbocycles. The monoisotopic (exact) mass is 486 g/mol. The summed E-state index contributed by atoms with van der Waals surface area (Å²) in [5.41, 5.74) is -1.84. The molecule has 4 rings (SSSR count). The van der Waals surface area contributed by atoms with E-state index in [4.69, 9.17) is 0 Å². The van der Waals surface area contributed by atoms with Crippen molar-refractivity contribution >= 4 is 22.6 Å². The Hall–Kier alpha value is -3.20. The normalized spacial score (nSPS) is 16.5. The third-order valence-corrected chi connectivity index (χ3v) is 6.93. The van der Waals surface area contributed by atoms with Gasteiger partial charge in [0.2, 0.25) is 0 Å². The maximum atomic E-state index is 15.3. The van der Waals surface area contributed by atoms with Crippen LogP contribution in [0.3, 0.4) is 0 Å². The number of amides is 1. The van der Waals surface area contributed by atoms with Crippen LogP contribution in [0.25, 0.3) is 10.9 Å². The average molecular weight is 487 g/mol. The molecule has 0 spiro atoms. The molecule has 1 atom stereocenters. The van der Waals surface area contributed by atoms with Crippen LogP contribution in [0.4, 0.5) is 19.0 Å². The van der Waals surface area contributed by atoms with Crippen LogP contribution in [0.5, 0.6) is 0 Å². The number of anilines is 1. The fourth-order valence-corrected chi connectivity index (χ4v) is 4.44. The molecule has 1 aliphatic rings. The largest absolute Gasteiger partial charge is 0.384 e. The van der Waals surface area contributed by atoms with E-state index in [9.17, 15) is 18.7 Å². The van der Waals surface area contributed by atoms with Gasteiger partial charge in [0, 0.05) is 23.6 Å². The van der Waals surface area contributed by atoms with Gasteiger partial charge in [-0.2, -0.15) is 8.78 Å². The summed E-state index contributed by atoms with van der Waals surface area (Å²) in [7, 11) is 1.74. The Morgan fingerprint density at radius 1 is 1.17 bits per heavy atom. The van der Waals surface area contributed by atoms with Crippen molar-refractivity contribution < 1.29 is 23.1 Å². The van der Waals surface area contributed by atoms with Crippen molar-refractivity contribution in [3.63, 3.8) is 0 Å². The first kappa shape index (κ1) is 24.9. The average Bonchev–Trinajstić information content (AvgIpc) is 2.91. The summed E-state index contributed by atoms with van der Waals surface area (Å²) in [5, 5.41) is 13.6. The van der Waals surface area contributed by atoms with E-state index in [0.717, 1.165) is 25.5 Å². The highest BCUT2D eigenvalue weighted by atomic mass is 19.3. The number of nitrogens with zero attached hydrogens (tertiary/aromatic N) is 3. The van der Waals surface area contributed by atoms with Gasteiger partial charge in [0.1, 0.15) is 23.1 Å². The molecule has 0 bridgehead atoms. The number of carbonyl (C=O) groups excluding carboxylic acids is 1. The summed E-state index contributed by atoms with van der Waals surface area (Å²) in [5.74, 6) is -4.20. The Bertz CT molecular complexity index is 1350. The first-order valence-electron chi connectivity index (χ1n) is 11.3. The number of hydrogen-bond donors (Lipinski definition) is 2. The van der Waals surface area contributed by atoms with Crippen molar-refractivity contribution in [1.29, 1.82) is 0 Å². The lowest BCUT2D eigenvalue weighted by molar-refractivity contribution is -0.170. The molecule has 2 heterocycles. The fraction of sp³-hybridized carbons (Fsp3) is 0.423. The highest BCUT2D eigenvalue weighted by molar-refractivity contribution is 6.05. The number of aliphatic hydroxyl groups is 1. The molecule has 0 fully saturated rings. The molecule has 1 amide bonds. The molecular formula is C26H29F3N4O2. The summed E-state index contributed by atoms with van der Waals surface area (Å²) in [6, 6.07) is 6.54. The van der Waals surface area contributed by atoms with Crippen molar-refractivity contribution in [1.82, 2.24) is 14.9 Å². The quantitative estimate of drug-likeness (QED) is 0.503. The molecule has 0 saturated heterocycles. The number of halogens is 3. The molecule has 1 aliphatic heterocycles. The topological polar surface area (TPSA) is 78.4 Å². The number of rotatable bonds is 5. The van der Waals surface area contributed by atoms with Gasteiger partial charge >= 0.3 is 5.92 Å². The minimum atomic E-state index is -3.80. The highest BCUT2D eigenvalue weighted by Gasteiger charge is 2.49. The predicted molar refractivity (Wildman–Crippen MR) is 128 cm³/mol. The second kappa shape index (κ2) is 7.91. The first-order chi connectivity index (χ1) is 16.1. The lowest BCUT2D eigenvalue weighted by Gasteiger charge is -2.30. The van der Waals surface area contributed by atoms with E-state index in [1.165, 1.54) is 12.1 Å². The Labute approximate surface area is 202 Å². The van der Waals surface area contributed by atoms with Crippen molar-refractivity contribution in [2.45, 2.75) is 64.6 Å². The van der Waals surface area contributed by atoms with Crippen molar-refractivity contribution in [2.24, 2.45) is 0 Å². The third kappa shape index (κ3) is 3.82. The molecule has 1 aromatic heterocycles. The minimum absolute atomic E-state index is 0.00561. The van der Waals surface area contributed by atoms with Gasteiger partial charge < -0.3 is 15.3 Å². The van der Waals surface area contributed by atoms with Crippen LogP contribution in [0, 0.1) is 12.7 Å². The van der Waals surface area contributed by atoms with Crippen molar-refractivity contribution in [2.75, 3.05) is 12.4 Å². The number of aromatic nitrogens is 2. The van der Waals surface area contributed by atoms with Gasteiger partial charge in [0.15, 0.2) is 0 Å². The number of fused-ring (bicyclic) bond motifs is 2. The molecule has 0 unspecified atom stereocenters. The first-order valence-corrected chi connectivity index (χ1v) is 11.3. The predicted octanol–water partition coefficient (Wildman–Crippen LogP) is 5.43. The summed E-state index contributed by atoms with van der Waals surface area (Å²) < 4.78 is 44.8. The maximum Gasteiger partial charge on any atom is 0.303 e. The fourth-order valence-electron chi connectivity index (χ4n) is 4.44. The van der Waals surface area contributed by atoms with E-state index in [0.29, 0.717) is 28.1 Å². The summed E-state index contributed by atoms with van der Waals surface area (Å²) in [4.78, 5) is 23.5. The molecule has 0 aliphatic carbocycles. The van der Waals surface area contributed by atoms with E-state index in [1.54, 1.807) is 31.9 Å². The van der Waals surface area contributed by atoms with E-state index in [-0.39, 0.29) is 11.5 Å². The van der Waals surface area contributed by atoms with Crippen LogP contribution in [0.15, 0.2) is 30.3 Å². The molecule has 9 heteroatoms. The van der Waals surface area contributed by atoms with Gasteiger partial charge in [-0.05, 0) is 65.3 Å². The third-order valence-electron chi connectivity index (χ3n) is 6.93. The summed E-state index contributed by atoms with van der Waals surface area (Å²) in [6.07, 6.45) is 0. The number of carbonyl (C=O) groups is 1. The molecule has 2 N–H and O–H groups in total. The highest BCUT2D eigenvalue weighted by Crippen LogP contribution is 2.42. The summed E-state index contributed by atoms with van der Waals surface area (Å²) in [6.45, 7) is 9.14. The van der Waals surface area contributed by atoms with Crippen LogP contribution < -0.4 is 5.32 Å². The molecule has 6 nitrogen and oxygen atoms in total. The van der Waals surface area contributed by atoms with E-state index in [2.05, 4.69) is 15.3 Å². The second-order valence-corrected chi connectivity index (χ2v) is 10.2. The number of hydrogen-bond acceptors (Lipinski definition) is 5. The van der Waals surface area contributed by atoms with Crippen LogP contribution in [-0.4, -0.2) is 38.5 Å².